The van der Waals surface area contributed by atoms with Gasteiger partial charge in [0.05, 0.1) is 6.54 Å². The predicted molar refractivity (Wildman–Crippen MR) is 93.5 cm³/mol. The summed E-state index contributed by atoms with van der Waals surface area (Å²) >= 11 is 0. The monoisotopic (exact) mass is 331 g/mol. The van der Waals surface area contributed by atoms with Crippen molar-refractivity contribution < 1.29 is 9.59 Å². The van der Waals surface area contributed by atoms with Crippen LogP contribution >= 0.6 is 0 Å². The van der Waals surface area contributed by atoms with Crippen molar-refractivity contribution in [1.29, 1.82) is 0 Å². The number of hydrogen-bond acceptors (Lipinski definition) is 5. The van der Waals surface area contributed by atoms with Crippen molar-refractivity contribution in [2.24, 2.45) is 11.1 Å². The Labute approximate surface area is 143 Å². The summed E-state index contributed by atoms with van der Waals surface area (Å²) in [6, 6.07) is 6.17. The molecule has 1 amide bonds. The highest BCUT2D eigenvalue weighted by molar-refractivity contribution is 5.84. The summed E-state index contributed by atoms with van der Waals surface area (Å²) in [4.78, 5) is 30.1. The maximum Gasteiger partial charge on any atom is 0.240 e. The summed E-state index contributed by atoms with van der Waals surface area (Å²) in [5, 5.41) is 3.29. The summed E-state index contributed by atoms with van der Waals surface area (Å²) < 4.78 is 0. The Balaban J connectivity index is 1.93. The first-order valence-corrected chi connectivity index (χ1v) is 8.39. The molecule has 6 nitrogen and oxygen atoms in total. The van der Waals surface area contributed by atoms with Crippen LogP contribution in [0.1, 0.15) is 40.0 Å². The minimum Gasteiger partial charge on any atom is -0.368 e. The largest absolute Gasteiger partial charge is 0.368 e. The number of carbonyl (C=O) groups excluding carboxylic acids is 2. The highest BCUT2D eigenvalue weighted by atomic mass is 16.1. The zero-order valence-electron chi connectivity index (χ0n) is 14.7. The Morgan fingerprint density at radius 3 is 2.79 bits per heavy atom. The first-order valence-electron chi connectivity index (χ1n) is 8.39. The zero-order valence-corrected chi connectivity index (χ0v) is 14.7. The van der Waals surface area contributed by atoms with E-state index in [1.165, 1.54) is 0 Å². The lowest BCUT2D eigenvalue weighted by molar-refractivity contribution is -0.120. The van der Waals surface area contributed by atoms with E-state index >= 15 is 0 Å². The number of primary amides is 1. The third-order valence-corrected chi connectivity index (χ3v) is 4.14. The minimum atomic E-state index is -0.413. The molecule has 3 N–H and O–H groups in total. The average molecular weight is 331 g/mol. The molecule has 2 atom stereocenters. The molecule has 1 radical (unpaired) electrons. The normalized spacial score (nSPS) is 21.5. The van der Waals surface area contributed by atoms with E-state index in [2.05, 4.69) is 37.1 Å². The second-order valence-corrected chi connectivity index (χ2v) is 7.61. The van der Waals surface area contributed by atoms with Gasteiger partial charge in [0.1, 0.15) is 17.6 Å². The molecule has 1 fully saturated rings. The molecule has 1 aromatic heterocycles. The van der Waals surface area contributed by atoms with Crippen molar-refractivity contribution in [3.8, 4) is 0 Å². The van der Waals surface area contributed by atoms with Gasteiger partial charge in [-0.15, -0.1) is 0 Å². The van der Waals surface area contributed by atoms with Gasteiger partial charge >= 0.3 is 0 Å². The van der Waals surface area contributed by atoms with Crippen molar-refractivity contribution in [2.45, 2.75) is 52.1 Å². The fourth-order valence-electron chi connectivity index (χ4n) is 3.09. The van der Waals surface area contributed by atoms with E-state index in [1.54, 1.807) is 12.3 Å². The van der Waals surface area contributed by atoms with Gasteiger partial charge in [-0.25, -0.2) is 4.98 Å². The lowest BCUT2D eigenvalue weighted by atomic mass is 9.89. The standard InChI is InChI=1S/C18H27N4O2/c1-18(2,3)11-14(23)12-21-13-7-9-22(15(10-13)17(19)24)16-6-4-5-8-20-16/h4,6,8,13,15,21H,7,9-12H2,1-3H3,(H2,19,24). The summed E-state index contributed by atoms with van der Waals surface area (Å²) in [5.74, 6) is 0.567. The minimum absolute atomic E-state index is 0.00607. The maximum atomic E-state index is 12.0. The molecule has 2 heterocycles. The number of aromatic nitrogens is 1. The van der Waals surface area contributed by atoms with Crippen LogP contribution in [-0.4, -0.2) is 41.8 Å². The van der Waals surface area contributed by atoms with Gasteiger partial charge in [-0.1, -0.05) is 20.8 Å². The van der Waals surface area contributed by atoms with Crippen LogP contribution in [0.3, 0.4) is 0 Å². The van der Waals surface area contributed by atoms with Gasteiger partial charge in [-0.05, 0) is 30.4 Å². The fourth-order valence-corrected chi connectivity index (χ4v) is 3.09. The highest BCUT2D eigenvalue weighted by Crippen LogP contribution is 2.23. The van der Waals surface area contributed by atoms with Crippen LogP contribution in [0.15, 0.2) is 18.3 Å². The number of ketones is 1. The molecule has 24 heavy (non-hydrogen) atoms. The molecule has 2 unspecified atom stereocenters. The molecule has 1 saturated heterocycles. The highest BCUT2D eigenvalue weighted by Gasteiger charge is 2.33. The van der Waals surface area contributed by atoms with E-state index in [0.717, 1.165) is 12.2 Å². The molecule has 6 heteroatoms. The topological polar surface area (TPSA) is 88.3 Å². The molecule has 0 bridgehead atoms. The molecule has 1 aliphatic heterocycles. The smallest absolute Gasteiger partial charge is 0.240 e. The van der Waals surface area contributed by atoms with Gasteiger partial charge in [0.2, 0.25) is 5.91 Å². The Morgan fingerprint density at radius 1 is 1.46 bits per heavy atom. The molecule has 0 aliphatic carbocycles. The number of anilines is 1. The van der Waals surface area contributed by atoms with Crippen molar-refractivity contribution in [3.63, 3.8) is 0 Å². The Bertz CT molecular complexity index is 568. The maximum absolute atomic E-state index is 12.0. The molecule has 0 aromatic carbocycles. The first-order chi connectivity index (χ1) is 11.3. The third-order valence-electron chi connectivity index (χ3n) is 4.14. The van der Waals surface area contributed by atoms with E-state index in [1.807, 2.05) is 11.0 Å². The number of carbonyl (C=O) groups is 2. The Morgan fingerprint density at radius 2 is 2.21 bits per heavy atom. The predicted octanol–water partition coefficient (Wildman–Crippen LogP) is 1.30. The zero-order chi connectivity index (χ0) is 17.7. The van der Waals surface area contributed by atoms with Crippen molar-refractivity contribution in [3.05, 3.63) is 24.4 Å². The number of nitrogens with two attached hydrogens (primary N) is 1. The van der Waals surface area contributed by atoms with Crippen molar-refractivity contribution >= 4 is 17.5 Å². The number of Topliss-reactive ketones (excluding diaryl/α,β-unsaturated/α-hetero) is 1. The number of amides is 1. The second kappa shape index (κ2) is 7.75. The summed E-state index contributed by atoms with van der Waals surface area (Å²) in [6.07, 6.45) is 3.55. The third kappa shape index (κ3) is 5.30. The summed E-state index contributed by atoms with van der Waals surface area (Å²) in [6.45, 7) is 7.17. The molecule has 0 spiro atoms. The average Bonchev–Trinajstić information content (AvgIpc) is 2.52. The summed E-state index contributed by atoms with van der Waals surface area (Å²) in [7, 11) is 0. The van der Waals surface area contributed by atoms with Crippen LogP contribution < -0.4 is 16.0 Å². The number of rotatable bonds is 6. The number of hydrogen-bond donors (Lipinski definition) is 2. The molecule has 2 rings (SSSR count). The van der Waals surface area contributed by atoms with E-state index in [4.69, 9.17) is 5.73 Å². The van der Waals surface area contributed by atoms with Crippen LogP contribution in [0.25, 0.3) is 0 Å². The number of nitrogens with one attached hydrogen (secondary N) is 1. The van der Waals surface area contributed by atoms with Crippen molar-refractivity contribution in [1.82, 2.24) is 10.3 Å². The second-order valence-electron chi connectivity index (χ2n) is 7.61. The van der Waals surface area contributed by atoms with Gasteiger partial charge < -0.3 is 16.0 Å². The van der Waals surface area contributed by atoms with Crippen LogP contribution in [0.5, 0.6) is 0 Å². The van der Waals surface area contributed by atoms with Gasteiger partial charge in [-0.3, -0.25) is 9.59 Å². The van der Waals surface area contributed by atoms with Gasteiger partial charge in [0.25, 0.3) is 0 Å². The van der Waals surface area contributed by atoms with Crippen LogP contribution in [0, 0.1) is 11.5 Å². The lowest BCUT2D eigenvalue weighted by Crippen LogP contribution is -2.55. The van der Waals surface area contributed by atoms with Gasteiger partial charge in [-0.2, -0.15) is 0 Å². The van der Waals surface area contributed by atoms with Crippen LogP contribution in [0.4, 0.5) is 5.82 Å². The Kier molecular flexibility index (Phi) is 5.94. The number of piperidine rings is 1. The molecule has 1 aliphatic rings. The SMILES string of the molecule is CC(C)(C)CC(=O)CNC1CCN(c2cc[c]cn2)C(C(N)=O)C1. The quantitative estimate of drug-likeness (QED) is 0.820. The van der Waals surface area contributed by atoms with Gasteiger partial charge in [0.15, 0.2) is 0 Å². The Hall–Kier alpha value is -1.95. The fraction of sp³-hybridized carbons (Fsp3) is 0.611. The van der Waals surface area contributed by atoms with Crippen LogP contribution in [-0.2, 0) is 9.59 Å². The molecular formula is C18H27N4O2. The van der Waals surface area contributed by atoms with Crippen molar-refractivity contribution in [2.75, 3.05) is 18.0 Å². The van der Waals surface area contributed by atoms with E-state index < -0.39 is 6.04 Å². The molecule has 131 valence electrons. The van der Waals surface area contributed by atoms with E-state index in [9.17, 15) is 9.59 Å². The number of nitrogens with zero attached hydrogens (tertiary/aromatic N) is 2. The van der Waals surface area contributed by atoms with E-state index in [0.29, 0.717) is 25.9 Å². The first kappa shape index (κ1) is 18.4. The lowest BCUT2D eigenvalue weighted by Gasteiger charge is -2.38. The van der Waals surface area contributed by atoms with Gasteiger partial charge in [0, 0.05) is 31.3 Å². The summed E-state index contributed by atoms with van der Waals surface area (Å²) in [5.41, 5.74) is 5.58. The molecule has 0 saturated carbocycles. The number of pyridine rings is 1. The molecular weight excluding hydrogens is 304 g/mol. The molecule has 1 aromatic rings. The van der Waals surface area contributed by atoms with Crippen LogP contribution in [0.2, 0.25) is 0 Å². The van der Waals surface area contributed by atoms with E-state index in [-0.39, 0.29) is 23.1 Å².